The molecule has 0 aromatic heterocycles. The van der Waals surface area contributed by atoms with Crippen LogP contribution < -0.4 is 0 Å². The van der Waals surface area contributed by atoms with Gasteiger partial charge in [-0.15, -0.1) is 0 Å². The first kappa shape index (κ1) is 12.4. The molecule has 0 spiro atoms. The fourth-order valence-electron chi connectivity index (χ4n) is 3.18. The third-order valence-corrected chi connectivity index (χ3v) is 4.77. The highest BCUT2D eigenvalue weighted by atomic mass is 16.4. The van der Waals surface area contributed by atoms with Crippen LogP contribution in [-0.2, 0) is 9.59 Å². The molecular weight excluding hydrogens is 218 g/mol. The van der Waals surface area contributed by atoms with Crippen LogP contribution in [0.3, 0.4) is 0 Å². The SMILES string of the molecule is CCC1(C(=O)N2CCC(C(=O)O)C2C)CCC1. The molecule has 1 saturated carbocycles. The van der Waals surface area contributed by atoms with E-state index in [4.69, 9.17) is 5.11 Å². The molecule has 17 heavy (non-hydrogen) atoms. The number of likely N-dealkylation sites (tertiary alicyclic amines) is 1. The van der Waals surface area contributed by atoms with Crippen LogP contribution >= 0.6 is 0 Å². The minimum atomic E-state index is -0.771. The Morgan fingerprint density at radius 2 is 2.06 bits per heavy atom. The molecule has 1 saturated heterocycles. The molecule has 1 N–H and O–H groups in total. The number of aliphatic carboxylic acids is 1. The van der Waals surface area contributed by atoms with Crippen LogP contribution in [0.4, 0.5) is 0 Å². The summed E-state index contributed by atoms with van der Waals surface area (Å²) in [6, 6.07) is -0.149. The van der Waals surface area contributed by atoms with Gasteiger partial charge in [0.1, 0.15) is 0 Å². The molecule has 4 heteroatoms. The lowest BCUT2D eigenvalue weighted by Crippen LogP contribution is -2.49. The fraction of sp³-hybridized carbons (Fsp3) is 0.846. The number of rotatable bonds is 3. The van der Waals surface area contributed by atoms with Gasteiger partial charge in [0.05, 0.1) is 5.92 Å². The number of carbonyl (C=O) groups is 2. The van der Waals surface area contributed by atoms with Gasteiger partial charge in [0, 0.05) is 18.0 Å². The van der Waals surface area contributed by atoms with E-state index in [1.54, 1.807) is 4.90 Å². The molecule has 1 amide bonds. The number of carboxylic acids is 1. The van der Waals surface area contributed by atoms with E-state index in [1.165, 1.54) is 0 Å². The summed E-state index contributed by atoms with van der Waals surface area (Å²) in [5.74, 6) is -0.956. The normalized spacial score (nSPS) is 31.1. The Kier molecular flexibility index (Phi) is 3.15. The van der Waals surface area contributed by atoms with Crippen LogP contribution in [0.2, 0.25) is 0 Å². The number of carbonyl (C=O) groups excluding carboxylic acids is 1. The van der Waals surface area contributed by atoms with Gasteiger partial charge in [-0.3, -0.25) is 9.59 Å². The fourth-order valence-corrected chi connectivity index (χ4v) is 3.18. The van der Waals surface area contributed by atoms with E-state index < -0.39 is 5.97 Å². The van der Waals surface area contributed by atoms with Gasteiger partial charge in [-0.05, 0) is 32.6 Å². The highest BCUT2D eigenvalue weighted by molar-refractivity contribution is 5.85. The molecule has 2 rings (SSSR count). The molecule has 2 unspecified atom stereocenters. The van der Waals surface area contributed by atoms with Crippen LogP contribution in [0.15, 0.2) is 0 Å². The number of nitrogens with zero attached hydrogens (tertiary/aromatic N) is 1. The standard InChI is InChI=1S/C13H21NO3/c1-3-13(6-4-7-13)12(17)14-8-5-10(9(14)2)11(15)16/h9-10H,3-8H2,1-2H3,(H,15,16). The monoisotopic (exact) mass is 239 g/mol. The summed E-state index contributed by atoms with van der Waals surface area (Å²) >= 11 is 0. The summed E-state index contributed by atoms with van der Waals surface area (Å²) in [4.78, 5) is 25.3. The maximum atomic E-state index is 12.5. The Bertz CT molecular complexity index is 330. The average molecular weight is 239 g/mol. The Labute approximate surface area is 102 Å². The first-order chi connectivity index (χ1) is 8.02. The van der Waals surface area contributed by atoms with Crippen LogP contribution in [0, 0.1) is 11.3 Å². The lowest BCUT2D eigenvalue weighted by molar-refractivity contribution is -0.150. The predicted octanol–water partition coefficient (Wildman–Crippen LogP) is 1.89. The van der Waals surface area contributed by atoms with Crippen molar-refractivity contribution >= 4 is 11.9 Å². The van der Waals surface area contributed by atoms with Crippen molar-refractivity contribution in [2.24, 2.45) is 11.3 Å². The second-order valence-electron chi connectivity index (χ2n) is 5.46. The number of hydrogen-bond donors (Lipinski definition) is 1. The van der Waals surface area contributed by atoms with Crippen molar-refractivity contribution in [1.82, 2.24) is 4.90 Å². The zero-order valence-corrected chi connectivity index (χ0v) is 10.6. The van der Waals surface area contributed by atoms with Crippen LogP contribution in [0.1, 0.15) is 46.0 Å². The summed E-state index contributed by atoms with van der Waals surface area (Å²) in [5.41, 5.74) is -0.165. The summed E-state index contributed by atoms with van der Waals surface area (Å²) in [6.45, 7) is 4.54. The van der Waals surface area contributed by atoms with E-state index in [2.05, 4.69) is 6.92 Å². The molecule has 4 nitrogen and oxygen atoms in total. The Hall–Kier alpha value is -1.06. The highest BCUT2D eigenvalue weighted by Gasteiger charge is 2.48. The van der Waals surface area contributed by atoms with E-state index in [1.807, 2.05) is 6.92 Å². The quantitative estimate of drug-likeness (QED) is 0.818. The minimum Gasteiger partial charge on any atom is -0.481 e. The van der Waals surface area contributed by atoms with Gasteiger partial charge in [-0.2, -0.15) is 0 Å². The number of amides is 1. The molecular formula is C13H21NO3. The molecule has 2 aliphatic rings. The van der Waals surface area contributed by atoms with E-state index in [0.717, 1.165) is 25.7 Å². The van der Waals surface area contributed by atoms with Crippen LogP contribution in [-0.4, -0.2) is 34.5 Å². The molecule has 2 atom stereocenters. The molecule has 0 aromatic carbocycles. The summed E-state index contributed by atoms with van der Waals surface area (Å²) < 4.78 is 0. The molecule has 0 radical (unpaired) electrons. The summed E-state index contributed by atoms with van der Waals surface area (Å²) in [5, 5.41) is 9.08. The maximum absolute atomic E-state index is 12.5. The van der Waals surface area contributed by atoms with Crippen molar-refractivity contribution in [3.63, 3.8) is 0 Å². The average Bonchev–Trinajstić information content (AvgIpc) is 2.59. The van der Waals surface area contributed by atoms with E-state index in [-0.39, 0.29) is 23.3 Å². The second-order valence-corrected chi connectivity index (χ2v) is 5.46. The zero-order chi connectivity index (χ0) is 12.6. The van der Waals surface area contributed by atoms with Gasteiger partial charge in [0.25, 0.3) is 0 Å². The number of hydrogen-bond acceptors (Lipinski definition) is 2. The molecule has 2 fully saturated rings. The molecule has 1 aliphatic heterocycles. The summed E-state index contributed by atoms with van der Waals surface area (Å²) in [6.07, 6.45) is 4.56. The predicted molar refractivity (Wildman–Crippen MR) is 63.5 cm³/mol. The first-order valence-corrected chi connectivity index (χ1v) is 6.56. The lowest BCUT2D eigenvalue weighted by Gasteiger charge is -2.43. The third-order valence-electron chi connectivity index (χ3n) is 4.77. The highest BCUT2D eigenvalue weighted by Crippen LogP contribution is 2.46. The zero-order valence-electron chi connectivity index (χ0n) is 10.6. The Morgan fingerprint density at radius 1 is 1.41 bits per heavy atom. The van der Waals surface area contributed by atoms with Gasteiger partial charge in [-0.25, -0.2) is 0 Å². The third kappa shape index (κ3) is 1.83. The second kappa shape index (κ2) is 4.31. The molecule has 96 valence electrons. The summed E-state index contributed by atoms with van der Waals surface area (Å²) in [7, 11) is 0. The lowest BCUT2D eigenvalue weighted by atomic mass is 9.66. The largest absolute Gasteiger partial charge is 0.481 e. The van der Waals surface area contributed by atoms with E-state index in [9.17, 15) is 9.59 Å². The molecule has 0 bridgehead atoms. The number of carboxylic acid groups (broad SMARTS) is 1. The van der Waals surface area contributed by atoms with Crippen molar-refractivity contribution in [1.29, 1.82) is 0 Å². The van der Waals surface area contributed by atoms with Gasteiger partial charge in [0.15, 0.2) is 0 Å². The Morgan fingerprint density at radius 3 is 2.41 bits per heavy atom. The topological polar surface area (TPSA) is 57.6 Å². The van der Waals surface area contributed by atoms with Crippen molar-refractivity contribution in [3.05, 3.63) is 0 Å². The van der Waals surface area contributed by atoms with E-state index >= 15 is 0 Å². The van der Waals surface area contributed by atoms with Gasteiger partial charge in [-0.1, -0.05) is 13.3 Å². The van der Waals surface area contributed by atoms with E-state index in [0.29, 0.717) is 13.0 Å². The van der Waals surface area contributed by atoms with Crippen molar-refractivity contribution in [3.8, 4) is 0 Å². The molecule has 0 aromatic rings. The van der Waals surface area contributed by atoms with Gasteiger partial charge < -0.3 is 10.0 Å². The van der Waals surface area contributed by atoms with Crippen molar-refractivity contribution in [2.75, 3.05) is 6.54 Å². The molecule has 1 heterocycles. The van der Waals surface area contributed by atoms with Crippen molar-refractivity contribution < 1.29 is 14.7 Å². The Balaban J connectivity index is 2.09. The van der Waals surface area contributed by atoms with Crippen LogP contribution in [0.5, 0.6) is 0 Å². The smallest absolute Gasteiger partial charge is 0.308 e. The van der Waals surface area contributed by atoms with Crippen molar-refractivity contribution in [2.45, 2.75) is 52.0 Å². The maximum Gasteiger partial charge on any atom is 0.308 e. The minimum absolute atomic E-state index is 0.149. The van der Waals surface area contributed by atoms with Crippen LogP contribution in [0.25, 0.3) is 0 Å². The molecule has 1 aliphatic carbocycles. The van der Waals surface area contributed by atoms with Gasteiger partial charge in [0.2, 0.25) is 5.91 Å². The first-order valence-electron chi connectivity index (χ1n) is 6.56. The van der Waals surface area contributed by atoms with Gasteiger partial charge >= 0.3 is 5.97 Å².